The Morgan fingerprint density at radius 3 is 2.23 bits per heavy atom. The molecule has 0 bridgehead atoms. The van der Waals surface area contributed by atoms with E-state index >= 15 is 0 Å². The minimum atomic E-state index is -0.691. The molecule has 0 aromatic heterocycles. The van der Waals surface area contributed by atoms with Crippen LogP contribution in [0.5, 0.6) is 11.5 Å². The lowest BCUT2D eigenvalue weighted by atomic mass is 9.84. The summed E-state index contributed by atoms with van der Waals surface area (Å²) in [6.07, 6.45) is 0.698. The maximum absolute atomic E-state index is 13.3. The molecule has 0 aliphatic carbocycles. The van der Waals surface area contributed by atoms with E-state index in [1.165, 1.54) is 0 Å². The molecule has 1 fully saturated rings. The van der Waals surface area contributed by atoms with E-state index < -0.39 is 17.7 Å². The van der Waals surface area contributed by atoms with Gasteiger partial charge in [-0.25, -0.2) is 0 Å². The number of nitrogens with zero attached hydrogens (tertiary/aromatic N) is 2. The summed E-state index contributed by atoms with van der Waals surface area (Å²) in [4.78, 5) is 30.0. The van der Waals surface area contributed by atoms with Gasteiger partial charge in [-0.05, 0) is 68.4 Å². The Bertz CT molecular complexity index is 1110. The molecular formula is C28H36N2O5. The van der Waals surface area contributed by atoms with Gasteiger partial charge >= 0.3 is 0 Å². The second-order valence-electron chi connectivity index (χ2n) is 10.1. The lowest BCUT2D eigenvalue weighted by Crippen LogP contribution is -2.32. The molecule has 1 aliphatic heterocycles. The monoisotopic (exact) mass is 480 g/mol. The largest absolute Gasteiger partial charge is 0.507 e. The van der Waals surface area contributed by atoms with Crippen LogP contribution in [-0.4, -0.2) is 68.0 Å². The molecule has 1 unspecified atom stereocenters. The molecule has 0 radical (unpaired) electrons. The number of methoxy groups -OCH3 is 2. The van der Waals surface area contributed by atoms with Crippen LogP contribution in [0.3, 0.4) is 0 Å². The summed E-state index contributed by atoms with van der Waals surface area (Å²) < 4.78 is 10.8. The number of benzene rings is 2. The highest BCUT2D eigenvalue weighted by Gasteiger charge is 2.45. The Labute approximate surface area is 207 Å². The van der Waals surface area contributed by atoms with Gasteiger partial charge < -0.3 is 24.4 Å². The molecule has 7 heteroatoms. The minimum absolute atomic E-state index is 0.0926. The van der Waals surface area contributed by atoms with Crippen molar-refractivity contribution in [2.75, 3.05) is 41.4 Å². The van der Waals surface area contributed by atoms with Crippen molar-refractivity contribution < 1.29 is 24.2 Å². The van der Waals surface area contributed by atoms with Crippen LogP contribution in [0, 0.1) is 0 Å². The van der Waals surface area contributed by atoms with Gasteiger partial charge in [-0.15, -0.1) is 0 Å². The van der Waals surface area contributed by atoms with Gasteiger partial charge in [0.25, 0.3) is 11.7 Å². The number of hydrogen-bond donors (Lipinski definition) is 1. The maximum atomic E-state index is 13.3. The highest BCUT2D eigenvalue weighted by molar-refractivity contribution is 6.46. The number of ether oxygens (including phenoxy) is 2. The van der Waals surface area contributed by atoms with Crippen LogP contribution in [0.1, 0.15) is 49.9 Å². The van der Waals surface area contributed by atoms with E-state index in [2.05, 4.69) is 20.8 Å². The van der Waals surface area contributed by atoms with Crippen molar-refractivity contribution in [2.24, 2.45) is 0 Å². The minimum Gasteiger partial charge on any atom is -0.507 e. The Morgan fingerprint density at radius 2 is 1.69 bits per heavy atom. The van der Waals surface area contributed by atoms with Crippen LogP contribution in [0.4, 0.5) is 0 Å². The zero-order chi connectivity index (χ0) is 25.9. The zero-order valence-corrected chi connectivity index (χ0v) is 21.7. The number of carbonyl (C=O) groups excluding carboxylic acids is 2. The molecule has 1 N–H and O–H groups in total. The molecule has 2 aromatic rings. The van der Waals surface area contributed by atoms with Crippen molar-refractivity contribution in [3.8, 4) is 11.5 Å². The molecular weight excluding hydrogens is 444 g/mol. The summed E-state index contributed by atoms with van der Waals surface area (Å²) in [6.45, 7) is 7.32. The number of carbonyl (C=O) groups is 2. The first-order chi connectivity index (χ1) is 16.5. The van der Waals surface area contributed by atoms with E-state index in [4.69, 9.17) is 9.47 Å². The third-order valence-corrected chi connectivity index (χ3v) is 6.26. The van der Waals surface area contributed by atoms with Crippen molar-refractivity contribution in [1.82, 2.24) is 9.80 Å². The molecule has 3 rings (SSSR count). The Hall–Kier alpha value is -3.32. The van der Waals surface area contributed by atoms with E-state index in [0.29, 0.717) is 30.0 Å². The van der Waals surface area contributed by atoms with Crippen molar-refractivity contribution >= 4 is 17.4 Å². The van der Waals surface area contributed by atoms with E-state index in [1.54, 1.807) is 43.4 Å². The van der Waals surface area contributed by atoms with E-state index in [9.17, 15) is 14.7 Å². The van der Waals surface area contributed by atoms with Crippen LogP contribution in [-0.2, 0) is 15.0 Å². The Morgan fingerprint density at radius 1 is 1.03 bits per heavy atom. The van der Waals surface area contributed by atoms with Gasteiger partial charge in [0.2, 0.25) is 0 Å². The van der Waals surface area contributed by atoms with Crippen molar-refractivity contribution in [3.63, 3.8) is 0 Å². The quantitative estimate of drug-likeness (QED) is 0.343. The number of aliphatic hydroxyl groups is 1. The van der Waals surface area contributed by atoms with Gasteiger partial charge in [-0.1, -0.05) is 32.9 Å². The third-order valence-electron chi connectivity index (χ3n) is 6.26. The fourth-order valence-corrected chi connectivity index (χ4v) is 4.40. The van der Waals surface area contributed by atoms with Crippen LogP contribution in [0.15, 0.2) is 48.0 Å². The first kappa shape index (κ1) is 26.3. The summed E-state index contributed by atoms with van der Waals surface area (Å²) in [7, 11) is 7.11. The third kappa shape index (κ3) is 5.51. The van der Waals surface area contributed by atoms with Gasteiger partial charge in [0, 0.05) is 17.7 Å². The average Bonchev–Trinajstić information content (AvgIpc) is 3.07. The second-order valence-corrected chi connectivity index (χ2v) is 10.1. The van der Waals surface area contributed by atoms with Gasteiger partial charge in [-0.2, -0.15) is 0 Å². The number of Topliss-reactive ketones (excluding diaryl/α,β-unsaturated/α-hetero) is 1. The molecule has 35 heavy (non-hydrogen) atoms. The SMILES string of the molecule is COc1ccc(C2/C(=C(/O)c3ccc(OC)c(C(C)(C)C)c3)C(=O)C(=O)N2CCCN(C)C)cc1. The second kappa shape index (κ2) is 10.5. The maximum Gasteiger partial charge on any atom is 0.295 e. The van der Waals surface area contributed by atoms with Crippen LogP contribution < -0.4 is 9.47 Å². The summed E-state index contributed by atoms with van der Waals surface area (Å²) in [5, 5.41) is 11.4. The lowest BCUT2D eigenvalue weighted by Gasteiger charge is -2.26. The fraction of sp³-hybridized carbons (Fsp3) is 0.429. The topological polar surface area (TPSA) is 79.3 Å². The van der Waals surface area contributed by atoms with Crippen LogP contribution in [0.25, 0.3) is 5.76 Å². The van der Waals surface area contributed by atoms with E-state index in [0.717, 1.165) is 17.7 Å². The first-order valence-corrected chi connectivity index (χ1v) is 11.8. The Balaban J connectivity index is 2.15. The van der Waals surface area contributed by atoms with E-state index in [-0.39, 0.29) is 16.7 Å². The van der Waals surface area contributed by atoms with E-state index in [1.807, 2.05) is 37.2 Å². The fourth-order valence-electron chi connectivity index (χ4n) is 4.40. The van der Waals surface area contributed by atoms with Crippen LogP contribution >= 0.6 is 0 Å². The predicted octanol–water partition coefficient (Wildman–Crippen LogP) is 4.37. The molecule has 188 valence electrons. The summed E-state index contributed by atoms with van der Waals surface area (Å²) in [6, 6.07) is 11.9. The molecule has 0 saturated carbocycles. The molecule has 7 nitrogen and oxygen atoms in total. The van der Waals surface area contributed by atoms with Gasteiger partial charge in [0.05, 0.1) is 25.8 Å². The highest BCUT2D eigenvalue weighted by atomic mass is 16.5. The summed E-state index contributed by atoms with van der Waals surface area (Å²) in [5.74, 6) is -0.0995. The smallest absolute Gasteiger partial charge is 0.295 e. The summed E-state index contributed by atoms with van der Waals surface area (Å²) >= 11 is 0. The number of ketones is 1. The molecule has 0 spiro atoms. The normalized spacial score (nSPS) is 17.8. The number of aliphatic hydroxyl groups excluding tert-OH is 1. The predicted molar refractivity (Wildman–Crippen MR) is 137 cm³/mol. The standard InChI is InChI=1S/C28H36N2O5/c1-28(2,3)21-17-19(11-14-22(21)35-7)25(31)23-24(18-9-12-20(34-6)13-10-18)30(27(33)26(23)32)16-8-15-29(4)5/h9-14,17,24,31H,8,15-16H2,1-7H3/b25-23-. The van der Waals surface area contributed by atoms with Crippen LogP contribution in [0.2, 0.25) is 0 Å². The molecule has 2 aromatic carbocycles. The number of rotatable bonds is 8. The molecule has 1 aliphatic rings. The van der Waals surface area contributed by atoms with Gasteiger partial charge in [0.1, 0.15) is 17.3 Å². The van der Waals surface area contributed by atoms with Crippen molar-refractivity contribution in [3.05, 3.63) is 64.7 Å². The van der Waals surface area contributed by atoms with Gasteiger partial charge in [0.15, 0.2) is 0 Å². The number of likely N-dealkylation sites (tertiary alicyclic amines) is 1. The molecule has 1 atom stereocenters. The molecule has 1 saturated heterocycles. The average molecular weight is 481 g/mol. The molecule has 1 heterocycles. The number of amides is 1. The summed E-state index contributed by atoms with van der Waals surface area (Å²) in [5.41, 5.74) is 1.94. The van der Waals surface area contributed by atoms with Crippen molar-refractivity contribution in [1.29, 1.82) is 0 Å². The van der Waals surface area contributed by atoms with Gasteiger partial charge in [-0.3, -0.25) is 9.59 Å². The lowest BCUT2D eigenvalue weighted by molar-refractivity contribution is -0.139. The Kier molecular flexibility index (Phi) is 7.90. The first-order valence-electron chi connectivity index (χ1n) is 11.8. The zero-order valence-electron chi connectivity index (χ0n) is 21.7. The number of hydrogen-bond acceptors (Lipinski definition) is 6. The highest BCUT2D eigenvalue weighted by Crippen LogP contribution is 2.41. The molecule has 1 amide bonds. The van der Waals surface area contributed by atoms with Crippen molar-refractivity contribution in [2.45, 2.75) is 38.6 Å².